The summed E-state index contributed by atoms with van der Waals surface area (Å²) in [6.07, 6.45) is -0.859. The van der Waals surface area contributed by atoms with Crippen LogP contribution in [0.3, 0.4) is 0 Å². The summed E-state index contributed by atoms with van der Waals surface area (Å²) in [5.74, 6) is 0.810. The van der Waals surface area contributed by atoms with Crippen LogP contribution in [0.2, 0.25) is 5.02 Å². The first kappa shape index (κ1) is 20.6. The summed E-state index contributed by atoms with van der Waals surface area (Å²) < 4.78 is 16.8. The van der Waals surface area contributed by atoms with Crippen LogP contribution in [-0.4, -0.2) is 24.5 Å². The predicted octanol–water partition coefficient (Wildman–Crippen LogP) is 3.52. The standard InChI is InChI=1S/C23H19ClN2O5/c24-17-9-11-18(12-10-17)29-13-15-5-7-16(8-6-15)22(27)25-26-23(28)21-14-30-19-3-1-2-4-20(19)31-21/h1-12,21H,13-14H2,(H,25,27)(H,26,28). The molecule has 3 aromatic rings. The SMILES string of the molecule is O=C(NNC(=O)C1COc2ccccc2O1)c1ccc(COc2ccc(Cl)cc2)cc1. The van der Waals surface area contributed by atoms with Crippen LogP contribution in [0, 0.1) is 0 Å². The van der Waals surface area contributed by atoms with Gasteiger partial charge in [-0.2, -0.15) is 0 Å². The van der Waals surface area contributed by atoms with Crippen molar-refractivity contribution in [3.63, 3.8) is 0 Å². The molecule has 1 unspecified atom stereocenters. The molecule has 0 fully saturated rings. The zero-order chi connectivity index (χ0) is 21.6. The topological polar surface area (TPSA) is 85.9 Å². The average molecular weight is 439 g/mol. The number of fused-ring (bicyclic) bond motifs is 1. The van der Waals surface area contributed by atoms with Gasteiger partial charge in [0.2, 0.25) is 6.10 Å². The maximum absolute atomic E-state index is 12.3. The number of halogens is 1. The van der Waals surface area contributed by atoms with Crippen molar-refractivity contribution in [1.29, 1.82) is 0 Å². The first-order chi connectivity index (χ1) is 15.1. The van der Waals surface area contributed by atoms with E-state index in [0.29, 0.717) is 34.4 Å². The van der Waals surface area contributed by atoms with Crippen molar-refractivity contribution in [3.8, 4) is 17.2 Å². The van der Waals surface area contributed by atoms with Crippen molar-refractivity contribution < 1.29 is 23.8 Å². The van der Waals surface area contributed by atoms with Gasteiger partial charge in [-0.3, -0.25) is 20.4 Å². The van der Waals surface area contributed by atoms with Crippen molar-refractivity contribution in [1.82, 2.24) is 10.9 Å². The van der Waals surface area contributed by atoms with Crippen molar-refractivity contribution in [2.45, 2.75) is 12.7 Å². The van der Waals surface area contributed by atoms with Crippen LogP contribution in [0.15, 0.2) is 72.8 Å². The van der Waals surface area contributed by atoms with Gasteiger partial charge >= 0.3 is 0 Å². The maximum Gasteiger partial charge on any atom is 0.283 e. The molecule has 7 nitrogen and oxygen atoms in total. The lowest BCUT2D eigenvalue weighted by Crippen LogP contribution is -2.50. The Kier molecular flexibility index (Phi) is 6.24. The van der Waals surface area contributed by atoms with Gasteiger partial charge in [-0.25, -0.2) is 0 Å². The Labute approximate surface area is 183 Å². The van der Waals surface area contributed by atoms with Gasteiger partial charge in [0.25, 0.3) is 11.8 Å². The van der Waals surface area contributed by atoms with Crippen LogP contribution >= 0.6 is 11.6 Å². The lowest BCUT2D eigenvalue weighted by Gasteiger charge is -2.25. The smallest absolute Gasteiger partial charge is 0.283 e. The molecule has 0 saturated carbocycles. The first-order valence-corrected chi connectivity index (χ1v) is 9.92. The Bertz CT molecular complexity index is 1070. The fourth-order valence-electron chi connectivity index (χ4n) is 2.87. The molecule has 1 atom stereocenters. The van der Waals surface area contributed by atoms with Crippen LogP contribution in [0.5, 0.6) is 17.2 Å². The molecule has 8 heteroatoms. The number of carbonyl (C=O) groups excluding carboxylic acids is 2. The summed E-state index contributed by atoms with van der Waals surface area (Å²) >= 11 is 5.85. The molecule has 0 spiro atoms. The lowest BCUT2D eigenvalue weighted by atomic mass is 10.1. The van der Waals surface area contributed by atoms with E-state index in [2.05, 4.69) is 10.9 Å². The van der Waals surface area contributed by atoms with Crippen LogP contribution in [0.25, 0.3) is 0 Å². The van der Waals surface area contributed by atoms with E-state index in [-0.39, 0.29) is 6.61 Å². The number of hydrazine groups is 1. The minimum Gasteiger partial charge on any atom is -0.489 e. The molecule has 4 rings (SSSR count). The second-order valence-electron chi connectivity index (χ2n) is 6.75. The molecule has 3 aromatic carbocycles. The van der Waals surface area contributed by atoms with Crippen molar-refractivity contribution in [3.05, 3.63) is 88.9 Å². The number of benzene rings is 3. The summed E-state index contributed by atoms with van der Waals surface area (Å²) in [7, 11) is 0. The Morgan fingerprint density at radius 3 is 2.39 bits per heavy atom. The highest BCUT2D eigenvalue weighted by Crippen LogP contribution is 2.30. The largest absolute Gasteiger partial charge is 0.489 e. The van der Waals surface area contributed by atoms with Gasteiger partial charge in [-0.1, -0.05) is 35.9 Å². The van der Waals surface area contributed by atoms with E-state index < -0.39 is 17.9 Å². The van der Waals surface area contributed by atoms with Crippen molar-refractivity contribution in [2.24, 2.45) is 0 Å². The third kappa shape index (κ3) is 5.26. The molecular weight excluding hydrogens is 420 g/mol. The van der Waals surface area contributed by atoms with E-state index in [1.54, 1.807) is 66.7 Å². The number of carbonyl (C=O) groups is 2. The molecule has 158 valence electrons. The molecule has 0 aliphatic carbocycles. The monoisotopic (exact) mass is 438 g/mol. The van der Waals surface area contributed by atoms with Crippen LogP contribution in [0.4, 0.5) is 0 Å². The molecule has 2 amide bonds. The fourth-order valence-corrected chi connectivity index (χ4v) is 3.00. The minimum atomic E-state index is -0.859. The van der Waals surface area contributed by atoms with Gasteiger partial charge in [0, 0.05) is 10.6 Å². The number of ether oxygens (including phenoxy) is 3. The fraction of sp³-hybridized carbons (Fsp3) is 0.130. The second-order valence-corrected chi connectivity index (χ2v) is 7.18. The lowest BCUT2D eigenvalue weighted by molar-refractivity contribution is -0.131. The molecule has 1 aliphatic rings. The summed E-state index contributed by atoms with van der Waals surface area (Å²) in [4.78, 5) is 24.6. The molecular formula is C23H19ClN2O5. The molecule has 0 aromatic heterocycles. The van der Waals surface area contributed by atoms with E-state index in [1.807, 2.05) is 6.07 Å². The Hall–Kier alpha value is -3.71. The number of hydrogen-bond acceptors (Lipinski definition) is 5. The summed E-state index contributed by atoms with van der Waals surface area (Å²) in [6.45, 7) is 0.405. The molecule has 0 saturated heterocycles. The second kappa shape index (κ2) is 9.40. The minimum absolute atomic E-state index is 0.0566. The third-order valence-electron chi connectivity index (χ3n) is 4.54. The van der Waals surface area contributed by atoms with Gasteiger partial charge in [0.15, 0.2) is 11.5 Å². The highest BCUT2D eigenvalue weighted by atomic mass is 35.5. The normalized spacial score (nSPS) is 14.4. The molecule has 2 N–H and O–H groups in total. The van der Waals surface area contributed by atoms with Gasteiger partial charge in [0.05, 0.1) is 0 Å². The molecule has 1 aliphatic heterocycles. The van der Waals surface area contributed by atoms with Crippen LogP contribution < -0.4 is 25.1 Å². The van der Waals surface area contributed by atoms with Gasteiger partial charge < -0.3 is 14.2 Å². The number of nitrogens with one attached hydrogen (secondary N) is 2. The summed E-state index contributed by atoms with van der Waals surface area (Å²) in [5, 5.41) is 0.641. The van der Waals surface area contributed by atoms with Crippen molar-refractivity contribution in [2.75, 3.05) is 6.61 Å². The Morgan fingerprint density at radius 2 is 1.65 bits per heavy atom. The van der Waals surface area contributed by atoms with Gasteiger partial charge in [-0.15, -0.1) is 0 Å². The van der Waals surface area contributed by atoms with E-state index in [9.17, 15) is 9.59 Å². The highest BCUT2D eigenvalue weighted by molar-refractivity contribution is 6.30. The van der Waals surface area contributed by atoms with Crippen molar-refractivity contribution >= 4 is 23.4 Å². The van der Waals surface area contributed by atoms with E-state index >= 15 is 0 Å². The number of hydrogen-bond donors (Lipinski definition) is 2. The molecule has 31 heavy (non-hydrogen) atoms. The molecule has 0 bridgehead atoms. The van der Waals surface area contributed by atoms with Gasteiger partial charge in [0.1, 0.15) is 19.0 Å². The first-order valence-electron chi connectivity index (χ1n) is 9.54. The van der Waals surface area contributed by atoms with Gasteiger partial charge in [-0.05, 0) is 54.1 Å². The maximum atomic E-state index is 12.3. The van der Waals surface area contributed by atoms with E-state index in [1.165, 1.54) is 0 Å². The average Bonchev–Trinajstić information content (AvgIpc) is 2.82. The zero-order valence-corrected chi connectivity index (χ0v) is 17.1. The number of para-hydroxylation sites is 2. The number of rotatable bonds is 5. The Morgan fingerprint density at radius 1 is 0.935 bits per heavy atom. The predicted molar refractivity (Wildman–Crippen MR) is 114 cm³/mol. The van der Waals surface area contributed by atoms with Crippen LogP contribution in [0.1, 0.15) is 15.9 Å². The molecule has 0 radical (unpaired) electrons. The summed E-state index contributed by atoms with van der Waals surface area (Å²) in [6, 6.07) is 21.0. The zero-order valence-electron chi connectivity index (χ0n) is 16.3. The van der Waals surface area contributed by atoms with E-state index in [4.69, 9.17) is 25.8 Å². The third-order valence-corrected chi connectivity index (χ3v) is 4.79. The van der Waals surface area contributed by atoms with Crippen LogP contribution in [-0.2, 0) is 11.4 Å². The number of amides is 2. The highest BCUT2D eigenvalue weighted by Gasteiger charge is 2.27. The summed E-state index contributed by atoms with van der Waals surface area (Å²) in [5.41, 5.74) is 6.03. The molecule has 1 heterocycles. The Balaban J connectivity index is 1.26. The van der Waals surface area contributed by atoms with E-state index in [0.717, 1.165) is 5.56 Å². The quantitative estimate of drug-likeness (QED) is 0.595.